The van der Waals surface area contributed by atoms with Gasteiger partial charge in [0.05, 0.1) is 0 Å². The fraction of sp³-hybridized carbons (Fsp3) is 0.905. The van der Waals surface area contributed by atoms with Crippen molar-refractivity contribution in [2.45, 2.75) is 78.7 Å². The van der Waals surface area contributed by atoms with Crippen molar-refractivity contribution in [1.82, 2.24) is 5.32 Å². The Morgan fingerprint density at radius 2 is 1.83 bits per heavy atom. The summed E-state index contributed by atoms with van der Waals surface area (Å²) in [7, 11) is 0. The van der Waals surface area contributed by atoms with Crippen molar-refractivity contribution in [2.24, 2.45) is 40.4 Å². The molecule has 3 aliphatic carbocycles. The van der Waals surface area contributed by atoms with Gasteiger partial charge in [0.1, 0.15) is 5.78 Å². The van der Waals surface area contributed by atoms with Gasteiger partial charge >= 0.3 is 0 Å². The summed E-state index contributed by atoms with van der Waals surface area (Å²) in [6.07, 6.45) is 7.80. The summed E-state index contributed by atoms with van der Waals surface area (Å²) >= 11 is 0. The molecule has 0 aromatic rings. The number of amides is 1. The molecule has 1 amide bonds. The molecule has 0 bridgehead atoms. The van der Waals surface area contributed by atoms with Crippen LogP contribution in [0.1, 0.15) is 72.6 Å². The Morgan fingerprint density at radius 3 is 2.54 bits per heavy atom. The quantitative estimate of drug-likeness (QED) is 0.790. The van der Waals surface area contributed by atoms with Gasteiger partial charge in [-0.15, -0.1) is 0 Å². The van der Waals surface area contributed by atoms with E-state index < -0.39 is 0 Å². The number of carbonyl (C=O) groups excluding carboxylic acids is 2. The summed E-state index contributed by atoms with van der Waals surface area (Å²) in [5.41, 5.74) is 0.489. The van der Waals surface area contributed by atoms with Gasteiger partial charge in [-0.2, -0.15) is 0 Å². The van der Waals surface area contributed by atoms with Crippen LogP contribution in [0.15, 0.2) is 0 Å². The maximum absolute atomic E-state index is 12.4. The van der Waals surface area contributed by atoms with Crippen LogP contribution in [0.5, 0.6) is 0 Å². The van der Waals surface area contributed by atoms with E-state index in [4.69, 9.17) is 0 Å². The minimum absolute atomic E-state index is 0.216. The molecule has 0 spiro atoms. The average Bonchev–Trinajstić information content (AvgIpc) is 2.78. The molecule has 8 atom stereocenters. The van der Waals surface area contributed by atoms with Gasteiger partial charge in [0.2, 0.25) is 5.91 Å². The maximum Gasteiger partial charge on any atom is 0.220 e. The molecule has 0 unspecified atom stereocenters. The van der Waals surface area contributed by atoms with E-state index in [2.05, 4.69) is 26.1 Å². The van der Waals surface area contributed by atoms with Gasteiger partial charge in [0, 0.05) is 18.4 Å². The van der Waals surface area contributed by atoms with Crippen LogP contribution >= 0.6 is 0 Å². The van der Waals surface area contributed by atoms with Crippen molar-refractivity contribution in [3.8, 4) is 0 Å². The Hall–Kier alpha value is -0.860. The zero-order valence-corrected chi connectivity index (χ0v) is 15.7. The molecule has 4 fully saturated rings. The van der Waals surface area contributed by atoms with Gasteiger partial charge in [0.25, 0.3) is 0 Å². The molecule has 4 rings (SSSR count). The lowest BCUT2D eigenvalue weighted by atomic mass is 9.47. The molecule has 4 aliphatic rings. The number of ketones is 1. The lowest BCUT2D eigenvalue weighted by Crippen LogP contribution is -2.61. The second-order valence-electron chi connectivity index (χ2n) is 9.93. The van der Waals surface area contributed by atoms with Crippen LogP contribution < -0.4 is 5.32 Å². The average molecular weight is 332 g/mol. The summed E-state index contributed by atoms with van der Waals surface area (Å²) < 4.78 is 0. The first-order chi connectivity index (χ1) is 11.3. The molecule has 3 saturated carbocycles. The predicted molar refractivity (Wildman–Crippen MR) is 94.3 cm³/mol. The van der Waals surface area contributed by atoms with Crippen LogP contribution in [-0.2, 0) is 9.59 Å². The number of hydrogen-bond donors (Lipinski definition) is 1. The SMILES string of the molecule is CC(=O)[C@H]1[C@H](C)C[C@H]2[C@@H]3CC[C@H]4NC(=O)CC[C@]4(C)[C@H]3CC[C@@]21C. The van der Waals surface area contributed by atoms with E-state index in [0.29, 0.717) is 30.1 Å². The number of carbonyl (C=O) groups is 2. The molecule has 1 N–H and O–H groups in total. The second kappa shape index (κ2) is 5.32. The van der Waals surface area contributed by atoms with Gasteiger partial charge < -0.3 is 5.32 Å². The van der Waals surface area contributed by atoms with Gasteiger partial charge in [-0.1, -0.05) is 20.8 Å². The summed E-state index contributed by atoms with van der Waals surface area (Å²) in [6, 6.07) is 0.381. The van der Waals surface area contributed by atoms with Crippen LogP contribution in [0.3, 0.4) is 0 Å². The molecular weight excluding hydrogens is 298 g/mol. The summed E-state index contributed by atoms with van der Waals surface area (Å²) in [6.45, 7) is 8.98. The number of piperidine rings is 1. The van der Waals surface area contributed by atoms with Gasteiger partial charge in [0.15, 0.2) is 0 Å². The van der Waals surface area contributed by atoms with Crippen LogP contribution in [-0.4, -0.2) is 17.7 Å². The Balaban J connectivity index is 1.65. The second-order valence-corrected chi connectivity index (χ2v) is 9.93. The molecule has 3 nitrogen and oxygen atoms in total. The Bertz CT molecular complexity index is 572. The third-order valence-corrected chi connectivity index (χ3v) is 8.88. The van der Waals surface area contributed by atoms with Crippen LogP contribution in [0.25, 0.3) is 0 Å². The van der Waals surface area contributed by atoms with Crippen molar-refractivity contribution >= 4 is 11.7 Å². The molecule has 0 aromatic heterocycles. The number of fused-ring (bicyclic) bond motifs is 5. The lowest BCUT2D eigenvalue weighted by molar-refractivity contribution is -0.140. The first kappa shape index (κ1) is 16.6. The summed E-state index contributed by atoms with van der Waals surface area (Å²) in [5, 5.41) is 3.30. The van der Waals surface area contributed by atoms with Crippen LogP contribution in [0.4, 0.5) is 0 Å². The zero-order chi connectivity index (χ0) is 17.3. The van der Waals surface area contributed by atoms with E-state index in [1.54, 1.807) is 0 Å². The van der Waals surface area contributed by atoms with Crippen molar-refractivity contribution in [3.63, 3.8) is 0 Å². The Labute approximate surface area is 146 Å². The van der Waals surface area contributed by atoms with Crippen molar-refractivity contribution < 1.29 is 9.59 Å². The smallest absolute Gasteiger partial charge is 0.220 e. The molecule has 134 valence electrons. The monoisotopic (exact) mass is 331 g/mol. The third kappa shape index (κ3) is 2.08. The van der Waals surface area contributed by atoms with E-state index in [1.807, 2.05) is 6.92 Å². The standard InChI is InChI=1S/C21H33NO2/c1-12-11-16-14-5-6-17-20(3,10-8-18(24)22-17)15(14)7-9-21(16,4)19(12)13(2)23/h12,14-17,19H,5-11H2,1-4H3,(H,22,24)/t12-,14-,15+,16+,17-,19-,20-,21+/m1/s1. The summed E-state index contributed by atoms with van der Waals surface area (Å²) in [5.74, 6) is 3.65. The maximum atomic E-state index is 12.4. The molecule has 3 heteroatoms. The number of nitrogens with one attached hydrogen (secondary N) is 1. The Kier molecular flexibility index (Phi) is 3.68. The molecule has 24 heavy (non-hydrogen) atoms. The fourth-order valence-electron chi connectivity index (χ4n) is 7.93. The number of rotatable bonds is 1. The topological polar surface area (TPSA) is 46.2 Å². The van der Waals surface area contributed by atoms with Crippen molar-refractivity contribution in [3.05, 3.63) is 0 Å². The molecule has 1 saturated heterocycles. The zero-order valence-electron chi connectivity index (χ0n) is 15.7. The minimum atomic E-state index is 0.216. The third-order valence-electron chi connectivity index (χ3n) is 8.88. The van der Waals surface area contributed by atoms with Crippen molar-refractivity contribution in [2.75, 3.05) is 0 Å². The highest BCUT2D eigenvalue weighted by Crippen LogP contribution is 2.66. The van der Waals surface area contributed by atoms with Crippen molar-refractivity contribution in [1.29, 1.82) is 0 Å². The highest BCUT2D eigenvalue weighted by atomic mass is 16.1. The normalized spacial score (nSPS) is 53.6. The highest BCUT2D eigenvalue weighted by Gasteiger charge is 2.62. The predicted octanol–water partition coefficient (Wildman–Crippen LogP) is 3.96. The summed E-state index contributed by atoms with van der Waals surface area (Å²) in [4.78, 5) is 24.2. The van der Waals surface area contributed by atoms with E-state index in [9.17, 15) is 9.59 Å². The highest BCUT2D eigenvalue weighted by molar-refractivity contribution is 5.80. The first-order valence-corrected chi connectivity index (χ1v) is 10.1. The van der Waals surface area contributed by atoms with Gasteiger partial charge in [-0.3, -0.25) is 9.59 Å². The number of Topliss-reactive ketones (excluding diaryl/α,β-unsaturated/α-hetero) is 1. The van der Waals surface area contributed by atoms with E-state index >= 15 is 0 Å². The van der Waals surface area contributed by atoms with Crippen LogP contribution in [0.2, 0.25) is 0 Å². The van der Waals surface area contributed by atoms with Gasteiger partial charge in [-0.25, -0.2) is 0 Å². The molecule has 0 aromatic carbocycles. The molecule has 1 aliphatic heterocycles. The van der Waals surface area contributed by atoms with E-state index in [1.165, 1.54) is 25.7 Å². The van der Waals surface area contributed by atoms with E-state index in [0.717, 1.165) is 24.7 Å². The van der Waals surface area contributed by atoms with E-state index in [-0.39, 0.29) is 22.7 Å². The lowest BCUT2D eigenvalue weighted by Gasteiger charge is -2.60. The number of hydrogen-bond acceptors (Lipinski definition) is 2. The molecule has 0 radical (unpaired) electrons. The molecular formula is C21H33NO2. The largest absolute Gasteiger partial charge is 0.353 e. The fourth-order valence-corrected chi connectivity index (χ4v) is 7.93. The first-order valence-electron chi connectivity index (χ1n) is 10.1. The molecule has 1 heterocycles. The Morgan fingerprint density at radius 1 is 1.08 bits per heavy atom. The minimum Gasteiger partial charge on any atom is -0.353 e. The van der Waals surface area contributed by atoms with Gasteiger partial charge in [-0.05, 0) is 80.0 Å². The van der Waals surface area contributed by atoms with Crippen LogP contribution in [0, 0.1) is 40.4 Å².